The molecule has 98 valence electrons. The number of nitrogens with zero attached hydrogens (tertiary/aromatic N) is 2. The van der Waals surface area contributed by atoms with Crippen molar-refractivity contribution in [1.82, 2.24) is 15.1 Å². The van der Waals surface area contributed by atoms with Crippen LogP contribution < -0.4 is 5.32 Å². The van der Waals surface area contributed by atoms with Crippen molar-refractivity contribution >= 4 is 0 Å². The smallest absolute Gasteiger partial charge is 0.372 e. The normalized spacial score (nSPS) is 13.9. The van der Waals surface area contributed by atoms with Crippen LogP contribution in [0.2, 0.25) is 0 Å². The summed E-state index contributed by atoms with van der Waals surface area (Å²) in [4.78, 5) is 0. The minimum Gasteiger partial charge on any atom is -0.372 e. The van der Waals surface area contributed by atoms with Crippen molar-refractivity contribution in [3.05, 3.63) is 18.0 Å². The Kier molecular flexibility index (Phi) is 4.95. The van der Waals surface area contributed by atoms with Gasteiger partial charge in [0.25, 0.3) is 0 Å². The van der Waals surface area contributed by atoms with E-state index in [1.54, 1.807) is 25.0 Å². The summed E-state index contributed by atoms with van der Waals surface area (Å²) in [5.41, 5.74) is 0.920. The fraction of sp³-hybridized carbons (Fsp3) is 0.700. The van der Waals surface area contributed by atoms with E-state index in [1.807, 2.05) is 6.07 Å². The molecule has 0 amide bonds. The molecule has 0 fully saturated rings. The second-order valence-corrected chi connectivity index (χ2v) is 3.68. The summed E-state index contributed by atoms with van der Waals surface area (Å²) in [6, 6.07) is 1.76. The van der Waals surface area contributed by atoms with Crippen molar-refractivity contribution in [2.45, 2.75) is 18.6 Å². The van der Waals surface area contributed by atoms with E-state index in [1.165, 1.54) is 0 Å². The van der Waals surface area contributed by atoms with Crippen LogP contribution in [-0.4, -0.2) is 36.2 Å². The Hall–Kier alpha value is -1.08. The fourth-order valence-corrected chi connectivity index (χ4v) is 1.56. The SMILES string of the molecule is CNC(CCOCC(F)(F)F)c1ccnn1C. The van der Waals surface area contributed by atoms with Crippen LogP contribution in [0.4, 0.5) is 13.2 Å². The van der Waals surface area contributed by atoms with Gasteiger partial charge in [-0.15, -0.1) is 0 Å². The van der Waals surface area contributed by atoms with E-state index >= 15 is 0 Å². The third kappa shape index (κ3) is 4.74. The molecule has 1 aromatic rings. The molecule has 1 aromatic heterocycles. The molecule has 0 aliphatic carbocycles. The molecule has 1 rings (SSSR count). The van der Waals surface area contributed by atoms with Gasteiger partial charge in [0.1, 0.15) is 6.61 Å². The lowest BCUT2D eigenvalue weighted by Gasteiger charge is -2.16. The molecule has 4 nitrogen and oxygen atoms in total. The Morgan fingerprint density at radius 2 is 2.24 bits per heavy atom. The first kappa shape index (κ1) is 14.0. The minimum atomic E-state index is -4.26. The maximum Gasteiger partial charge on any atom is 0.411 e. The first-order valence-electron chi connectivity index (χ1n) is 5.23. The topological polar surface area (TPSA) is 39.1 Å². The lowest BCUT2D eigenvalue weighted by atomic mass is 10.1. The van der Waals surface area contributed by atoms with Crippen LogP contribution in [0.1, 0.15) is 18.2 Å². The molecule has 0 saturated carbocycles. The maximum absolute atomic E-state index is 11.8. The molecule has 1 N–H and O–H groups in total. The number of ether oxygens (including phenoxy) is 1. The quantitative estimate of drug-likeness (QED) is 0.781. The molecule has 0 bridgehead atoms. The zero-order valence-electron chi connectivity index (χ0n) is 9.79. The van der Waals surface area contributed by atoms with E-state index in [0.29, 0.717) is 6.42 Å². The van der Waals surface area contributed by atoms with Crippen LogP contribution in [0.3, 0.4) is 0 Å². The zero-order valence-corrected chi connectivity index (χ0v) is 9.79. The maximum atomic E-state index is 11.8. The highest BCUT2D eigenvalue weighted by atomic mass is 19.4. The number of aromatic nitrogens is 2. The Bertz CT molecular complexity index is 338. The number of nitrogens with one attached hydrogen (secondary N) is 1. The van der Waals surface area contributed by atoms with E-state index in [-0.39, 0.29) is 12.6 Å². The van der Waals surface area contributed by atoms with Crippen molar-refractivity contribution in [2.75, 3.05) is 20.3 Å². The molecule has 1 atom stereocenters. The van der Waals surface area contributed by atoms with E-state index in [9.17, 15) is 13.2 Å². The highest BCUT2D eigenvalue weighted by molar-refractivity contribution is 5.06. The lowest BCUT2D eigenvalue weighted by molar-refractivity contribution is -0.174. The van der Waals surface area contributed by atoms with Crippen LogP contribution in [0.15, 0.2) is 12.3 Å². The molecule has 7 heteroatoms. The first-order chi connectivity index (χ1) is 7.94. The van der Waals surface area contributed by atoms with Crippen molar-refractivity contribution in [1.29, 1.82) is 0 Å². The summed E-state index contributed by atoms with van der Waals surface area (Å²) < 4.78 is 41.8. The molecule has 0 radical (unpaired) electrons. The minimum absolute atomic E-state index is 0.0518. The van der Waals surface area contributed by atoms with Gasteiger partial charge < -0.3 is 10.1 Å². The molecule has 1 heterocycles. The van der Waals surface area contributed by atoms with Gasteiger partial charge in [0.05, 0.1) is 11.7 Å². The van der Waals surface area contributed by atoms with Crippen LogP contribution in [-0.2, 0) is 11.8 Å². The van der Waals surface area contributed by atoms with Crippen molar-refractivity contribution < 1.29 is 17.9 Å². The van der Waals surface area contributed by atoms with Gasteiger partial charge in [-0.3, -0.25) is 4.68 Å². The number of rotatable bonds is 6. The molecular formula is C10H16F3N3O. The van der Waals surface area contributed by atoms with E-state index in [4.69, 9.17) is 0 Å². The zero-order chi connectivity index (χ0) is 12.9. The second-order valence-electron chi connectivity index (χ2n) is 3.68. The summed E-state index contributed by atoms with van der Waals surface area (Å²) in [6.45, 7) is -1.15. The molecule has 1 unspecified atom stereocenters. The van der Waals surface area contributed by atoms with Gasteiger partial charge in [0.2, 0.25) is 0 Å². The van der Waals surface area contributed by atoms with Gasteiger partial charge in [-0.2, -0.15) is 18.3 Å². The molecule has 0 spiro atoms. The fourth-order valence-electron chi connectivity index (χ4n) is 1.56. The number of halogens is 3. The summed E-state index contributed by atoms with van der Waals surface area (Å²) in [7, 11) is 3.54. The Labute approximate surface area is 97.8 Å². The van der Waals surface area contributed by atoms with Gasteiger partial charge in [-0.1, -0.05) is 0 Å². The summed E-state index contributed by atoms with van der Waals surface area (Å²) in [5, 5.41) is 7.03. The number of alkyl halides is 3. The predicted molar refractivity (Wildman–Crippen MR) is 56.5 cm³/mol. The highest BCUT2D eigenvalue weighted by Gasteiger charge is 2.27. The summed E-state index contributed by atoms with van der Waals surface area (Å²) in [5.74, 6) is 0. The molecule has 0 aliphatic heterocycles. The Morgan fingerprint density at radius 3 is 2.71 bits per heavy atom. The molecule has 17 heavy (non-hydrogen) atoms. The van der Waals surface area contributed by atoms with Gasteiger partial charge in [-0.05, 0) is 19.5 Å². The van der Waals surface area contributed by atoms with E-state index in [2.05, 4.69) is 15.2 Å². The molecule has 0 aliphatic rings. The third-order valence-electron chi connectivity index (χ3n) is 2.38. The Morgan fingerprint density at radius 1 is 1.53 bits per heavy atom. The van der Waals surface area contributed by atoms with E-state index < -0.39 is 12.8 Å². The number of hydrogen-bond donors (Lipinski definition) is 1. The molecular weight excluding hydrogens is 235 g/mol. The van der Waals surface area contributed by atoms with Crippen LogP contribution in [0, 0.1) is 0 Å². The lowest BCUT2D eigenvalue weighted by Crippen LogP contribution is -2.23. The summed E-state index contributed by atoms with van der Waals surface area (Å²) in [6.07, 6.45) is -2.15. The molecule has 0 saturated heterocycles. The average Bonchev–Trinajstić information content (AvgIpc) is 2.63. The van der Waals surface area contributed by atoms with Gasteiger partial charge >= 0.3 is 6.18 Å². The standard InChI is InChI=1S/C10H16F3N3O/c1-14-8(9-3-5-15-16(9)2)4-6-17-7-10(11,12)13/h3,5,8,14H,4,6-7H2,1-2H3. The van der Waals surface area contributed by atoms with Gasteiger partial charge in [-0.25, -0.2) is 0 Å². The number of hydrogen-bond acceptors (Lipinski definition) is 3. The molecule has 0 aromatic carbocycles. The van der Waals surface area contributed by atoms with Crippen LogP contribution in [0.25, 0.3) is 0 Å². The van der Waals surface area contributed by atoms with Crippen molar-refractivity contribution in [3.63, 3.8) is 0 Å². The third-order valence-corrected chi connectivity index (χ3v) is 2.38. The van der Waals surface area contributed by atoms with Crippen LogP contribution >= 0.6 is 0 Å². The van der Waals surface area contributed by atoms with Crippen LogP contribution in [0.5, 0.6) is 0 Å². The van der Waals surface area contributed by atoms with Crippen molar-refractivity contribution in [2.24, 2.45) is 7.05 Å². The number of aryl methyl sites for hydroxylation is 1. The Balaban J connectivity index is 2.37. The summed E-state index contributed by atoms with van der Waals surface area (Å²) >= 11 is 0. The van der Waals surface area contributed by atoms with Gasteiger partial charge in [0, 0.05) is 19.9 Å². The second kappa shape index (κ2) is 6.02. The van der Waals surface area contributed by atoms with Crippen molar-refractivity contribution in [3.8, 4) is 0 Å². The average molecular weight is 251 g/mol. The largest absolute Gasteiger partial charge is 0.411 e. The highest BCUT2D eigenvalue weighted by Crippen LogP contribution is 2.17. The van der Waals surface area contributed by atoms with Gasteiger partial charge in [0.15, 0.2) is 0 Å². The first-order valence-corrected chi connectivity index (χ1v) is 5.23. The predicted octanol–water partition coefficient (Wildman–Crippen LogP) is 1.65. The monoisotopic (exact) mass is 251 g/mol. The van der Waals surface area contributed by atoms with E-state index in [0.717, 1.165) is 5.69 Å².